The van der Waals surface area contributed by atoms with Crippen LogP contribution < -0.4 is 0 Å². The van der Waals surface area contributed by atoms with Crippen LogP contribution in [0.1, 0.15) is 33.3 Å². The molecule has 24 heavy (non-hydrogen) atoms. The Morgan fingerprint density at radius 3 is 2.08 bits per heavy atom. The molecule has 1 aliphatic rings. The van der Waals surface area contributed by atoms with Gasteiger partial charge in [-0.1, -0.05) is 30.3 Å². The average Bonchev–Trinajstić information content (AvgIpc) is 2.76. The third-order valence-electron chi connectivity index (χ3n) is 4.12. The van der Waals surface area contributed by atoms with Gasteiger partial charge in [-0.25, -0.2) is 9.78 Å². The van der Waals surface area contributed by atoms with Crippen LogP contribution in [0.4, 0.5) is 0 Å². The highest BCUT2D eigenvalue weighted by molar-refractivity contribution is 6.18. The molecule has 0 aliphatic carbocycles. The van der Waals surface area contributed by atoms with Gasteiger partial charge in [0, 0.05) is 18.3 Å². The molecule has 130 valence electrons. The fourth-order valence-corrected chi connectivity index (χ4v) is 2.34. The van der Waals surface area contributed by atoms with E-state index >= 15 is 0 Å². The van der Waals surface area contributed by atoms with Crippen LogP contribution in [-0.4, -0.2) is 36.7 Å². The van der Waals surface area contributed by atoms with Crippen LogP contribution in [0, 0.1) is 0 Å². The molecule has 1 unspecified atom stereocenters. The second kappa shape index (κ2) is 7.25. The summed E-state index contributed by atoms with van der Waals surface area (Å²) in [5.74, 6) is -0.657. The molecule has 2 amide bonds. The molecule has 6 heteroatoms. The number of nitrogens with zero attached hydrogens (tertiary/aromatic N) is 1. The highest BCUT2D eigenvalue weighted by Gasteiger charge is 2.36. The zero-order valence-corrected chi connectivity index (χ0v) is 14.7. The molecule has 0 saturated carbocycles. The number of imide groups is 1. The van der Waals surface area contributed by atoms with E-state index in [4.69, 9.17) is 14.5 Å². The maximum Gasteiger partial charge on any atom is 0.257 e. The summed E-state index contributed by atoms with van der Waals surface area (Å²) in [5.41, 5.74) is 1.11. The van der Waals surface area contributed by atoms with Crippen LogP contribution in [0.3, 0.4) is 0 Å². The van der Waals surface area contributed by atoms with E-state index in [2.05, 4.69) is 0 Å². The number of ether oxygens (including phenoxy) is 1. The molecule has 1 atom stereocenters. The molecular weight excluding hydrogens is 310 g/mol. The van der Waals surface area contributed by atoms with Crippen molar-refractivity contribution in [2.75, 3.05) is 13.7 Å². The van der Waals surface area contributed by atoms with Crippen molar-refractivity contribution >= 4 is 11.8 Å². The lowest BCUT2D eigenvalue weighted by molar-refractivity contribution is -0.420. The highest BCUT2D eigenvalue weighted by Crippen LogP contribution is 2.26. The summed E-state index contributed by atoms with van der Waals surface area (Å²) in [6.45, 7) is 6.95. The van der Waals surface area contributed by atoms with Crippen LogP contribution >= 0.6 is 0 Å². The van der Waals surface area contributed by atoms with Crippen molar-refractivity contribution in [3.05, 3.63) is 47.0 Å². The molecule has 1 aromatic rings. The second-order valence-corrected chi connectivity index (χ2v) is 6.19. The Morgan fingerprint density at radius 1 is 1.04 bits per heavy atom. The van der Waals surface area contributed by atoms with Crippen LogP contribution in [0.25, 0.3) is 0 Å². The number of carbonyl (C=O) groups is 2. The molecule has 0 fully saturated rings. The van der Waals surface area contributed by atoms with E-state index in [0.717, 1.165) is 10.5 Å². The van der Waals surface area contributed by atoms with Gasteiger partial charge in [0.2, 0.25) is 6.29 Å². The first-order valence-corrected chi connectivity index (χ1v) is 7.74. The summed E-state index contributed by atoms with van der Waals surface area (Å²) in [5, 5.41) is 0. The second-order valence-electron chi connectivity index (χ2n) is 6.19. The van der Waals surface area contributed by atoms with E-state index in [9.17, 15) is 9.59 Å². The Kier molecular flexibility index (Phi) is 5.54. The number of methoxy groups -OCH3 is 1. The Balaban J connectivity index is 1.99. The van der Waals surface area contributed by atoms with Gasteiger partial charge in [-0.05, 0) is 33.3 Å². The summed E-state index contributed by atoms with van der Waals surface area (Å²) < 4.78 is 5.20. The standard InChI is InChI=1S/C18H23NO5/c1-12-13(2)17(21)19(16(12)20)11-15(22-5)23-24-18(3,4)14-9-7-6-8-10-14/h6-10,15H,11H2,1-5H3. The molecule has 1 aromatic carbocycles. The topological polar surface area (TPSA) is 65.1 Å². The van der Waals surface area contributed by atoms with E-state index in [1.54, 1.807) is 13.8 Å². The number of benzene rings is 1. The Labute approximate surface area is 141 Å². The van der Waals surface area contributed by atoms with Crippen molar-refractivity contribution in [2.24, 2.45) is 0 Å². The van der Waals surface area contributed by atoms with Crippen molar-refractivity contribution in [3.63, 3.8) is 0 Å². The summed E-state index contributed by atoms with van der Waals surface area (Å²) >= 11 is 0. The number of amides is 2. The van der Waals surface area contributed by atoms with Crippen LogP contribution in [-0.2, 0) is 29.7 Å². The number of hydrogen-bond acceptors (Lipinski definition) is 5. The minimum absolute atomic E-state index is 0.0340. The smallest absolute Gasteiger partial charge is 0.257 e. The first kappa shape index (κ1) is 18.3. The van der Waals surface area contributed by atoms with E-state index in [1.165, 1.54) is 7.11 Å². The monoisotopic (exact) mass is 333 g/mol. The van der Waals surface area contributed by atoms with E-state index < -0.39 is 11.9 Å². The summed E-state index contributed by atoms with van der Waals surface area (Å²) in [6.07, 6.45) is -0.875. The fourth-order valence-electron chi connectivity index (χ4n) is 2.34. The van der Waals surface area contributed by atoms with Crippen LogP contribution in [0.5, 0.6) is 0 Å². The largest absolute Gasteiger partial charge is 0.352 e. The first-order valence-electron chi connectivity index (χ1n) is 7.74. The minimum Gasteiger partial charge on any atom is -0.352 e. The summed E-state index contributed by atoms with van der Waals surface area (Å²) in [4.78, 5) is 36.2. The van der Waals surface area contributed by atoms with Crippen LogP contribution in [0.2, 0.25) is 0 Å². The molecule has 0 aromatic heterocycles. The molecule has 2 rings (SSSR count). The number of rotatable bonds is 7. The van der Waals surface area contributed by atoms with Crippen molar-refractivity contribution in [2.45, 2.75) is 39.6 Å². The number of hydrogen-bond donors (Lipinski definition) is 0. The molecule has 0 spiro atoms. The molecule has 0 saturated heterocycles. The SMILES string of the molecule is COC(CN1C(=O)C(C)=C(C)C1=O)OOC(C)(C)c1ccccc1. The van der Waals surface area contributed by atoms with E-state index in [1.807, 2.05) is 44.2 Å². The van der Waals surface area contributed by atoms with Gasteiger partial charge in [0.25, 0.3) is 11.8 Å². The maximum atomic E-state index is 12.1. The lowest BCUT2D eigenvalue weighted by Crippen LogP contribution is -2.40. The molecule has 0 N–H and O–H groups in total. The Morgan fingerprint density at radius 2 is 1.58 bits per heavy atom. The first-order chi connectivity index (χ1) is 11.3. The van der Waals surface area contributed by atoms with Gasteiger partial charge in [0.15, 0.2) is 0 Å². The normalized spacial score (nSPS) is 17.0. The maximum absolute atomic E-state index is 12.1. The van der Waals surface area contributed by atoms with Gasteiger partial charge in [-0.15, -0.1) is 0 Å². The predicted octanol–water partition coefficient (Wildman–Crippen LogP) is 2.55. The molecular formula is C18H23NO5. The van der Waals surface area contributed by atoms with E-state index in [-0.39, 0.29) is 18.4 Å². The molecule has 1 aliphatic heterocycles. The van der Waals surface area contributed by atoms with Crippen molar-refractivity contribution in [1.29, 1.82) is 0 Å². The van der Waals surface area contributed by atoms with Gasteiger partial charge < -0.3 is 4.74 Å². The van der Waals surface area contributed by atoms with Crippen LogP contribution in [0.15, 0.2) is 41.5 Å². The Hall–Kier alpha value is -2.02. The fraction of sp³-hybridized carbons (Fsp3) is 0.444. The molecule has 1 heterocycles. The predicted molar refractivity (Wildman–Crippen MR) is 87.5 cm³/mol. The lowest BCUT2D eigenvalue weighted by atomic mass is 9.99. The van der Waals surface area contributed by atoms with Gasteiger partial charge in [-0.3, -0.25) is 14.5 Å². The summed E-state index contributed by atoms with van der Waals surface area (Å²) in [6, 6.07) is 9.59. The van der Waals surface area contributed by atoms with Gasteiger partial charge >= 0.3 is 0 Å². The van der Waals surface area contributed by atoms with Gasteiger partial charge in [-0.2, -0.15) is 0 Å². The quantitative estimate of drug-likeness (QED) is 0.332. The van der Waals surface area contributed by atoms with Crippen molar-refractivity contribution in [3.8, 4) is 0 Å². The zero-order valence-electron chi connectivity index (χ0n) is 14.7. The van der Waals surface area contributed by atoms with Gasteiger partial charge in [0.1, 0.15) is 5.60 Å². The Bertz CT molecular complexity index is 627. The van der Waals surface area contributed by atoms with Crippen molar-refractivity contribution in [1.82, 2.24) is 4.90 Å². The average molecular weight is 333 g/mol. The molecule has 6 nitrogen and oxygen atoms in total. The zero-order chi connectivity index (χ0) is 17.9. The third kappa shape index (κ3) is 3.72. The lowest BCUT2D eigenvalue weighted by Gasteiger charge is -2.28. The highest BCUT2D eigenvalue weighted by atomic mass is 17.2. The van der Waals surface area contributed by atoms with Gasteiger partial charge in [0.05, 0.1) is 6.54 Å². The van der Waals surface area contributed by atoms with Crippen molar-refractivity contribution < 1.29 is 24.1 Å². The number of carbonyl (C=O) groups excluding carboxylic acids is 2. The molecule has 0 bridgehead atoms. The minimum atomic E-state index is -0.875. The van der Waals surface area contributed by atoms with E-state index in [0.29, 0.717) is 11.1 Å². The third-order valence-corrected chi connectivity index (χ3v) is 4.12. The summed E-state index contributed by atoms with van der Waals surface area (Å²) in [7, 11) is 1.43. The molecule has 0 radical (unpaired) electrons.